The number of carbonyl (C=O) groups excluding carboxylic acids is 2. The summed E-state index contributed by atoms with van der Waals surface area (Å²) < 4.78 is 5.12. The van der Waals surface area contributed by atoms with Crippen molar-refractivity contribution in [2.24, 2.45) is 0 Å². The van der Waals surface area contributed by atoms with Gasteiger partial charge in [0.25, 0.3) is 0 Å². The fraction of sp³-hybridized carbons (Fsp3) is 0.400. The van der Waals surface area contributed by atoms with Crippen molar-refractivity contribution in [1.29, 1.82) is 0 Å². The van der Waals surface area contributed by atoms with Gasteiger partial charge in [0.1, 0.15) is 12.6 Å². The van der Waals surface area contributed by atoms with E-state index in [0.29, 0.717) is 11.1 Å². The first-order valence-electron chi connectivity index (χ1n) is 10.5. The average molecular weight is 418 g/mol. The summed E-state index contributed by atoms with van der Waals surface area (Å²) in [7, 11) is 0. The van der Waals surface area contributed by atoms with Crippen molar-refractivity contribution in [2.75, 3.05) is 11.9 Å². The number of ketones is 1. The maximum absolute atomic E-state index is 13.4. The van der Waals surface area contributed by atoms with Crippen LogP contribution in [0.3, 0.4) is 0 Å². The van der Waals surface area contributed by atoms with E-state index >= 15 is 0 Å². The zero-order chi connectivity index (χ0) is 22.6. The smallest absolute Gasteiger partial charge is 0.342 e. The van der Waals surface area contributed by atoms with E-state index < -0.39 is 17.6 Å². The van der Waals surface area contributed by atoms with E-state index in [1.807, 2.05) is 6.92 Å². The van der Waals surface area contributed by atoms with Gasteiger partial charge >= 0.3 is 5.97 Å². The Hall–Kier alpha value is -2.99. The molecule has 160 valence electrons. The molecule has 2 unspecified atom stereocenters. The second-order valence-corrected chi connectivity index (χ2v) is 9.17. The SMILES string of the molecule is CC1=C2c3nc4c(C)c(C)c(C)c(C)c4c(C)c3NC2C(=O)C2=C1C(C)(O)C(=O)OC2. The highest BCUT2D eigenvalue weighted by Gasteiger charge is 2.51. The molecule has 2 N–H and O–H groups in total. The number of aromatic nitrogens is 1. The van der Waals surface area contributed by atoms with E-state index in [1.54, 1.807) is 0 Å². The lowest BCUT2D eigenvalue weighted by Crippen LogP contribution is -2.48. The highest BCUT2D eigenvalue weighted by Crippen LogP contribution is 2.49. The first-order chi connectivity index (χ1) is 14.5. The van der Waals surface area contributed by atoms with Crippen molar-refractivity contribution < 1.29 is 19.4 Å². The number of hydrogen-bond acceptors (Lipinski definition) is 6. The largest absolute Gasteiger partial charge is 0.458 e. The van der Waals surface area contributed by atoms with Gasteiger partial charge in [-0.1, -0.05) is 0 Å². The molecule has 0 bridgehead atoms. The third-order valence-electron chi connectivity index (χ3n) is 7.57. The van der Waals surface area contributed by atoms with Gasteiger partial charge < -0.3 is 15.2 Å². The standard InChI is InChI=1S/C25H26N2O4/c1-9-10(2)12(4)19-16(11(9)3)14(6)20-21(26-19)17-13(5)18-15(23(28)22(17)27-20)8-31-24(29)25(18,7)30/h22,27,30H,8H2,1-7H3. The molecule has 3 heterocycles. The summed E-state index contributed by atoms with van der Waals surface area (Å²) in [5.74, 6) is -0.908. The number of esters is 1. The maximum atomic E-state index is 13.4. The Kier molecular flexibility index (Phi) is 3.88. The lowest BCUT2D eigenvalue weighted by atomic mass is 9.74. The van der Waals surface area contributed by atoms with Crippen molar-refractivity contribution in [1.82, 2.24) is 4.98 Å². The molecule has 1 aliphatic carbocycles. The Morgan fingerprint density at radius 2 is 1.65 bits per heavy atom. The number of cyclic esters (lactones) is 1. The number of benzene rings is 1. The third kappa shape index (κ3) is 2.28. The molecule has 6 heteroatoms. The van der Waals surface area contributed by atoms with Crippen molar-refractivity contribution in [2.45, 2.75) is 60.1 Å². The average Bonchev–Trinajstić information content (AvgIpc) is 3.11. The molecule has 3 aliphatic rings. The lowest BCUT2D eigenvalue weighted by Gasteiger charge is -2.36. The Labute approximate surface area is 181 Å². The van der Waals surface area contributed by atoms with Gasteiger partial charge in [-0.25, -0.2) is 9.78 Å². The molecule has 0 amide bonds. The molecule has 0 saturated carbocycles. The van der Waals surface area contributed by atoms with Gasteiger partial charge in [-0.2, -0.15) is 0 Å². The van der Waals surface area contributed by atoms with E-state index in [2.05, 4.69) is 39.9 Å². The number of rotatable bonds is 0. The van der Waals surface area contributed by atoms with Crippen molar-refractivity contribution in [3.8, 4) is 0 Å². The van der Waals surface area contributed by atoms with Crippen LogP contribution in [0.5, 0.6) is 0 Å². The number of anilines is 1. The van der Waals surface area contributed by atoms with E-state index in [9.17, 15) is 14.7 Å². The molecule has 0 spiro atoms. The van der Waals surface area contributed by atoms with Gasteiger partial charge in [0.15, 0.2) is 11.4 Å². The molecule has 1 aromatic heterocycles. The molecule has 0 saturated heterocycles. The van der Waals surface area contributed by atoms with Gasteiger partial charge in [0, 0.05) is 22.1 Å². The molecular formula is C25H26N2O4. The van der Waals surface area contributed by atoms with Gasteiger partial charge in [0.2, 0.25) is 0 Å². The minimum Gasteiger partial charge on any atom is -0.458 e. The zero-order valence-electron chi connectivity index (χ0n) is 18.9. The maximum Gasteiger partial charge on any atom is 0.342 e. The van der Waals surface area contributed by atoms with E-state index in [1.165, 1.54) is 23.6 Å². The number of aryl methyl sites for hydroxylation is 3. The topological polar surface area (TPSA) is 88.5 Å². The number of carbonyl (C=O) groups is 2. The minimum absolute atomic E-state index is 0.118. The second kappa shape index (κ2) is 6.04. The van der Waals surface area contributed by atoms with Crippen molar-refractivity contribution in [3.05, 3.63) is 50.2 Å². The van der Waals surface area contributed by atoms with Gasteiger partial charge in [-0.15, -0.1) is 0 Å². The number of pyridine rings is 1. The first kappa shape index (κ1) is 19.9. The molecule has 5 rings (SSSR count). The fourth-order valence-electron chi connectivity index (χ4n) is 5.52. The van der Waals surface area contributed by atoms with Gasteiger partial charge in [-0.3, -0.25) is 4.79 Å². The molecule has 2 atom stereocenters. The molecular weight excluding hydrogens is 392 g/mol. The third-order valence-corrected chi connectivity index (χ3v) is 7.57. The summed E-state index contributed by atoms with van der Waals surface area (Å²) >= 11 is 0. The number of nitrogens with zero attached hydrogens (tertiary/aromatic N) is 1. The Balaban J connectivity index is 1.86. The molecule has 1 aromatic carbocycles. The monoisotopic (exact) mass is 418 g/mol. The van der Waals surface area contributed by atoms with Crippen LogP contribution in [0.25, 0.3) is 16.5 Å². The van der Waals surface area contributed by atoms with Gasteiger partial charge in [-0.05, 0) is 81.9 Å². The first-order valence-corrected chi connectivity index (χ1v) is 10.5. The number of nitrogens with one attached hydrogen (secondary N) is 1. The van der Waals surface area contributed by atoms with Crippen molar-refractivity contribution in [3.63, 3.8) is 0 Å². The number of aliphatic hydroxyl groups is 1. The molecule has 6 nitrogen and oxygen atoms in total. The normalized spacial score (nSPS) is 24.8. The van der Waals surface area contributed by atoms with Crippen LogP contribution in [0.15, 0.2) is 16.7 Å². The lowest BCUT2D eigenvalue weighted by molar-refractivity contribution is -0.161. The highest BCUT2D eigenvalue weighted by atomic mass is 16.6. The summed E-state index contributed by atoms with van der Waals surface area (Å²) in [5.41, 5.74) is 8.68. The number of ether oxygens (including phenoxy) is 1. The van der Waals surface area contributed by atoms with E-state index in [-0.39, 0.29) is 12.4 Å². The summed E-state index contributed by atoms with van der Waals surface area (Å²) in [6.07, 6.45) is 0. The second-order valence-electron chi connectivity index (χ2n) is 9.17. The quantitative estimate of drug-likeness (QED) is 0.637. The summed E-state index contributed by atoms with van der Waals surface area (Å²) in [5, 5.41) is 15.4. The van der Waals surface area contributed by atoms with Crippen LogP contribution >= 0.6 is 0 Å². The Morgan fingerprint density at radius 1 is 1.00 bits per heavy atom. The molecule has 0 radical (unpaired) electrons. The van der Waals surface area contributed by atoms with Crippen LogP contribution in [-0.2, 0) is 14.3 Å². The van der Waals surface area contributed by atoms with Gasteiger partial charge in [0.05, 0.1) is 16.9 Å². The summed E-state index contributed by atoms with van der Waals surface area (Å²) in [6.45, 7) is 13.6. The van der Waals surface area contributed by atoms with Crippen LogP contribution < -0.4 is 5.32 Å². The Morgan fingerprint density at radius 3 is 2.32 bits per heavy atom. The number of fused-ring (bicyclic) bond motifs is 4. The van der Waals surface area contributed by atoms with Crippen LogP contribution in [0.4, 0.5) is 5.69 Å². The van der Waals surface area contributed by atoms with Crippen LogP contribution in [0.1, 0.15) is 47.4 Å². The number of Topliss-reactive ketones (excluding diaryl/α,β-unsaturated/α-hetero) is 1. The molecule has 31 heavy (non-hydrogen) atoms. The predicted molar refractivity (Wildman–Crippen MR) is 119 cm³/mol. The molecule has 2 aliphatic heterocycles. The van der Waals surface area contributed by atoms with E-state index in [0.717, 1.165) is 44.6 Å². The molecule has 0 fully saturated rings. The highest BCUT2D eigenvalue weighted by molar-refractivity contribution is 6.19. The molecule has 2 aromatic rings. The number of hydrogen-bond donors (Lipinski definition) is 2. The predicted octanol–water partition coefficient (Wildman–Crippen LogP) is 3.53. The van der Waals surface area contributed by atoms with E-state index in [4.69, 9.17) is 9.72 Å². The summed E-state index contributed by atoms with van der Waals surface area (Å²) in [6, 6.07) is -0.591. The van der Waals surface area contributed by atoms with Crippen LogP contribution in [0.2, 0.25) is 0 Å². The Bertz CT molecular complexity index is 1330. The van der Waals surface area contributed by atoms with Crippen LogP contribution in [-0.4, -0.2) is 40.1 Å². The fourth-order valence-corrected chi connectivity index (χ4v) is 5.52. The van der Waals surface area contributed by atoms with Crippen LogP contribution in [0, 0.1) is 34.6 Å². The summed E-state index contributed by atoms with van der Waals surface area (Å²) in [4.78, 5) is 30.7. The zero-order valence-corrected chi connectivity index (χ0v) is 18.9. The van der Waals surface area contributed by atoms with Crippen molar-refractivity contribution >= 4 is 33.9 Å². The minimum atomic E-state index is -1.86.